The Balaban J connectivity index is 2.72. The number of anilines is 2. The molecule has 0 bridgehead atoms. The topological polar surface area (TPSA) is 71.7 Å². The molecule has 114 valence electrons. The number of carbonyl (C=O) groups excluding carboxylic acids is 1. The summed E-state index contributed by atoms with van der Waals surface area (Å²) in [5.41, 5.74) is 5.87. The van der Waals surface area contributed by atoms with Gasteiger partial charge in [0.15, 0.2) is 5.13 Å². The van der Waals surface area contributed by atoms with Crippen molar-refractivity contribution in [2.75, 3.05) is 51.5 Å². The van der Waals surface area contributed by atoms with Crippen LogP contribution in [0, 0.1) is 0 Å². The highest BCUT2D eigenvalue weighted by atomic mass is 32.1. The van der Waals surface area contributed by atoms with Crippen molar-refractivity contribution in [3.8, 4) is 0 Å². The zero-order valence-electron chi connectivity index (χ0n) is 12.7. The molecule has 0 spiro atoms. The molecule has 0 aromatic carbocycles. The standard InChI is InChI=1S/C13H24N4O2S/c1-5-7-17(3)13-15-11(14)10(20-13)12(18)16(2)8-6-9-19-4/h5-9,14H2,1-4H3. The quantitative estimate of drug-likeness (QED) is 0.740. The smallest absolute Gasteiger partial charge is 0.267 e. The molecule has 1 aromatic rings. The highest BCUT2D eigenvalue weighted by Crippen LogP contribution is 2.28. The van der Waals surface area contributed by atoms with Crippen LogP contribution in [0.3, 0.4) is 0 Å². The largest absolute Gasteiger partial charge is 0.385 e. The summed E-state index contributed by atoms with van der Waals surface area (Å²) in [6.45, 7) is 4.28. The Morgan fingerprint density at radius 1 is 1.40 bits per heavy atom. The first-order valence-electron chi connectivity index (χ1n) is 6.73. The Hall–Kier alpha value is -1.34. The van der Waals surface area contributed by atoms with Crippen LogP contribution in [-0.2, 0) is 4.74 Å². The van der Waals surface area contributed by atoms with Gasteiger partial charge in [-0.15, -0.1) is 0 Å². The summed E-state index contributed by atoms with van der Waals surface area (Å²) in [4.78, 5) is 20.8. The van der Waals surface area contributed by atoms with E-state index in [1.54, 1.807) is 19.1 Å². The molecule has 1 amide bonds. The number of nitrogen functional groups attached to an aromatic ring is 1. The summed E-state index contributed by atoms with van der Waals surface area (Å²) >= 11 is 1.35. The third kappa shape index (κ3) is 4.35. The molecule has 0 fully saturated rings. The Kier molecular flexibility index (Phi) is 6.74. The second-order valence-corrected chi connectivity index (χ2v) is 5.68. The van der Waals surface area contributed by atoms with E-state index in [1.165, 1.54) is 11.3 Å². The summed E-state index contributed by atoms with van der Waals surface area (Å²) < 4.78 is 4.98. The van der Waals surface area contributed by atoms with Crippen LogP contribution in [0.1, 0.15) is 29.4 Å². The Morgan fingerprint density at radius 3 is 2.70 bits per heavy atom. The fourth-order valence-corrected chi connectivity index (χ4v) is 2.76. The van der Waals surface area contributed by atoms with Gasteiger partial charge in [0.2, 0.25) is 0 Å². The molecule has 1 heterocycles. The number of nitrogens with two attached hydrogens (primary N) is 1. The van der Waals surface area contributed by atoms with Crippen molar-refractivity contribution >= 4 is 28.2 Å². The molecule has 0 saturated heterocycles. The number of nitrogens with zero attached hydrogens (tertiary/aromatic N) is 3. The van der Waals surface area contributed by atoms with Crippen molar-refractivity contribution < 1.29 is 9.53 Å². The van der Waals surface area contributed by atoms with E-state index in [4.69, 9.17) is 10.5 Å². The van der Waals surface area contributed by atoms with Gasteiger partial charge >= 0.3 is 0 Å². The van der Waals surface area contributed by atoms with Gasteiger partial charge in [-0.05, 0) is 12.8 Å². The molecule has 0 aliphatic carbocycles. The number of aromatic nitrogens is 1. The van der Waals surface area contributed by atoms with Crippen molar-refractivity contribution in [2.45, 2.75) is 19.8 Å². The maximum atomic E-state index is 12.3. The summed E-state index contributed by atoms with van der Waals surface area (Å²) in [7, 11) is 5.38. The van der Waals surface area contributed by atoms with Crippen molar-refractivity contribution in [2.24, 2.45) is 0 Å². The van der Waals surface area contributed by atoms with Crippen molar-refractivity contribution in [3.63, 3.8) is 0 Å². The van der Waals surface area contributed by atoms with Crippen molar-refractivity contribution in [1.82, 2.24) is 9.88 Å². The van der Waals surface area contributed by atoms with Crippen LogP contribution >= 0.6 is 11.3 Å². The molecule has 0 atom stereocenters. The normalized spacial score (nSPS) is 10.6. The maximum Gasteiger partial charge on any atom is 0.267 e. The van der Waals surface area contributed by atoms with Crippen LogP contribution in [0.15, 0.2) is 0 Å². The second-order valence-electron chi connectivity index (χ2n) is 4.71. The number of rotatable bonds is 8. The highest BCUT2D eigenvalue weighted by molar-refractivity contribution is 7.18. The number of carbonyl (C=O) groups is 1. The Bertz CT molecular complexity index is 436. The molecule has 20 heavy (non-hydrogen) atoms. The van der Waals surface area contributed by atoms with E-state index in [-0.39, 0.29) is 5.91 Å². The van der Waals surface area contributed by atoms with E-state index in [9.17, 15) is 4.79 Å². The summed E-state index contributed by atoms with van der Waals surface area (Å²) in [6.07, 6.45) is 1.83. The van der Waals surface area contributed by atoms with Crippen molar-refractivity contribution in [1.29, 1.82) is 0 Å². The molecule has 7 heteroatoms. The van der Waals surface area contributed by atoms with Crippen LogP contribution in [0.4, 0.5) is 10.9 Å². The molecular weight excluding hydrogens is 276 g/mol. The first kappa shape index (κ1) is 16.7. The van der Waals surface area contributed by atoms with Crippen LogP contribution in [0.25, 0.3) is 0 Å². The van der Waals surface area contributed by atoms with Gasteiger partial charge in [0.25, 0.3) is 5.91 Å². The predicted octanol–water partition coefficient (Wildman–Crippen LogP) is 1.68. The molecular formula is C13H24N4O2S. The molecule has 0 radical (unpaired) electrons. The van der Waals surface area contributed by atoms with Gasteiger partial charge in [-0.25, -0.2) is 4.98 Å². The van der Waals surface area contributed by atoms with Crippen LogP contribution in [0.5, 0.6) is 0 Å². The summed E-state index contributed by atoms with van der Waals surface area (Å²) in [6, 6.07) is 0. The average molecular weight is 300 g/mol. The predicted molar refractivity (Wildman–Crippen MR) is 83.5 cm³/mol. The second kappa shape index (κ2) is 8.06. The third-order valence-corrected chi connectivity index (χ3v) is 4.08. The number of hydrogen-bond donors (Lipinski definition) is 1. The van der Waals surface area contributed by atoms with Crippen LogP contribution < -0.4 is 10.6 Å². The van der Waals surface area contributed by atoms with E-state index in [0.717, 1.165) is 24.5 Å². The first-order chi connectivity index (χ1) is 9.51. The number of hydrogen-bond acceptors (Lipinski definition) is 6. The monoisotopic (exact) mass is 300 g/mol. The minimum Gasteiger partial charge on any atom is -0.385 e. The molecule has 0 aliphatic rings. The van der Waals surface area contributed by atoms with E-state index >= 15 is 0 Å². The molecule has 0 unspecified atom stereocenters. The summed E-state index contributed by atoms with van der Waals surface area (Å²) in [5.74, 6) is 0.240. The number of ether oxygens (including phenoxy) is 1. The maximum absolute atomic E-state index is 12.3. The minimum atomic E-state index is -0.0766. The van der Waals surface area contributed by atoms with E-state index in [2.05, 4.69) is 11.9 Å². The zero-order valence-corrected chi connectivity index (χ0v) is 13.5. The molecule has 0 saturated carbocycles. The van der Waals surface area contributed by atoms with Crippen molar-refractivity contribution in [3.05, 3.63) is 4.88 Å². The Labute approximate surface area is 124 Å². The van der Waals surface area contributed by atoms with Gasteiger partial charge in [-0.2, -0.15) is 0 Å². The molecule has 1 aromatic heterocycles. The SMILES string of the molecule is CCCN(C)c1nc(N)c(C(=O)N(C)CCCOC)s1. The lowest BCUT2D eigenvalue weighted by molar-refractivity contribution is 0.0785. The number of amides is 1. The molecule has 1 rings (SSSR count). The minimum absolute atomic E-state index is 0.0766. The molecule has 0 aliphatic heterocycles. The molecule has 2 N–H and O–H groups in total. The lowest BCUT2D eigenvalue weighted by Crippen LogP contribution is -2.28. The van der Waals surface area contributed by atoms with Gasteiger partial charge in [0.05, 0.1) is 0 Å². The van der Waals surface area contributed by atoms with Gasteiger partial charge in [0.1, 0.15) is 10.7 Å². The number of methoxy groups -OCH3 is 1. The van der Waals surface area contributed by atoms with Gasteiger partial charge in [0, 0.05) is 40.9 Å². The summed E-state index contributed by atoms with van der Waals surface area (Å²) in [5, 5.41) is 0.790. The van der Waals surface area contributed by atoms with Gasteiger partial charge < -0.3 is 20.3 Å². The fraction of sp³-hybridized carbons (Fsp3) is 0.692. The number of thiazole rings is 1. The van der Waals surface area contributed by atoms with Crippen LogP contribution in [-0.4, -0.2) is 56.7 Å². The fourth-order valence-electron chi connectivity index (χ4n) is 1.79. The molecule has 6 nitrogen and oxygen atoms in total. The van der Waals surface area contributed by atoms with E-state index in [0.29, 0.717) is 23.8 Å². The van der Waals surface area contributed by atoms with Gasteiger partial charge in [-0.3, -0.25) is 4.79 Å². The third-order valence-electron chi connectivity index (χ3n) is 2.91. The lowest BCUT2D eigenvalue weighted by Gasteiger charge is -2.16. The lowest BCUT2D eigenvalue weighted by atomic mass is 10.3. The zero-order chi connectivity index (χ0) is 15.1. The van der Waals surface area contributed by atoms with Crippen LogP contribution in [0.2, 0.25) is 0 Å². The Morgan fingerprint density at radius 2 is 2.10 bits per heavy atom. The highest BCUT2D eigenvalue weighted by Gasteiger charge is 2.20. The van der Waals surface area contributed by atoms with E-state index in [1.807, 2.05) is 11.9 Å². The average Bonchev–Trinajstić information content (AvgIpc) is 2.80. The first-order valence-corrected chi connectivity index (χ1v) is 7.54. The van der Waals surface area contributed by atoms with E-state index < -0.39 is 0 Å². The van der Waals surface area contributed by atoms with Gasteiger partial charge in [-0.1, -0.05) is 18.3 Å².